The van der Waals surface area contributed by atoms with Crippen LogP contribution >= 0.6 is 35.0 Å². The van der Waals surface area contributed by atoms with E-state index >= 15 is 0 Å². The number of Topliss-reactive ketones (excluding diaryl/α,β-unsaturated/α-hetero) is 1. The fraction of sp³-hybridized carbons (Fsp3) is 0.174. The molecule has 0 spiro atoms. The number of hydrogen-bond acceptors (Lipinski definition) is 4. The molecule has 4 rings (SSSR count). The molecule has 8 heteroatoms. The van der Waals surface area contributed by atoms with E-state index in [1.54, 1.807) is 12.1 Å². The third-order valence-electron chi connectivity index (χ3n) is 5.09. The number of nitrogens with zero attached hydrogens (tertiary/aromatic N) is 4. The van der Waals surface area contributed by atoms with Gasteiger partial charge in [0.25, 0.3) is 0 Å². The summed E-state index contributed by atoms with van der Waals surface area (Å²) < 4.78 is 3.92. The fourth-order valence-electron chi connectivity index (χ4n) is 3.55. The number of ketones is 1. The lowest BCUT2D eigenvalue weighted by molar-refractivity contribution is 0.102. The molecule has 0 saturated heterocycles. The van der Waals surface area contributed by atoms with Gasteiger partial charge in [0.15, 0.2) is 16.8 Å². The third-order valence-corrected chi connectivity index (χ3v) is 6.85. The highest BCUT2D eigenvalue weighted by Gasteiger charge is 2.19. The number of halogens is 2. The number of thioether (sulfide) groups is 1. The topological polar surface area (TPSA) is 52.7 Å². The van der Waals surface area contributed by atoms with Gasteiger partial charge in [-0.3, -0.25) is 4.79 Å². The summed E-state index contributed by atoms with van der Waals surface area (Å²) in [6.07, 6.45) is 0. The number of benzene rings is 2. The molecule has 0 saturated carbocycles. The van der Waals surface area contributed by atoms with E-state index in [0.717, 1.165) is 28.5 Å². The number of hydrogen-bond donors (Lipinski definition) is 0. The molecular formula is C23H20Cl2N4OS. The predicted octanol–water partition coefficient (Wildman–Crippen LogP) is 6.17. The van der Waals surface area contributed by atoms with E-state index in [1.807, 2.05) is 72.5 Å². The zero-order valence-corrected chi connectivity index (χ0v) is 19.6. The second-order valence-electron chi connectivity index (χ2n) is 7.16. The van der Waals surface area contributed by atoms with Crippen LogP contribution in [0, 0.1) is 13.8 Å². The lowest BCUT2D eigenvalue weighted by atomic mass is 10.2. The zero-order valence-electron chi connectivity index (χ0n) is 17.3. The van der Waals surface area contributed by atoms with Crippen LogP contribution in [0.15, 0.2) is 59.8 Å². The number of aryl methyl sites for hydroxylation is 1. The Bertz CT molecular complexity index is 1260. The van der Waals surface area contributed by atoms with Gasteiger partial charge < -0.3 is 9.13 Å². The van der Waals surface area contributed by atoms with Crippen molar-refractivity contribution in [2.24, 2.45) is 7.05 Å². The van der Waals surface area contributed by atoms with Crippen molar-refractivity contribution in [3.05, 3.63) is 81.6 Å². The van der Waals surface area contributed by atoms with Gasteiger partial charge in [0.05, 0.1) is 15.8 Å². The molecule has 0 radical (unpaired) electrons. The molecule has 0 unspecified atom stereocenters. The molecule has 0 bridgehead atoms. The Hall–Kier alpha value is -2.54. The maximum atomic E-state index is 13.0. The standard InChI is InChI=1S/C23H20Cl2N4OS/c1-14-11-18(15(2)29(14)17-9-10-19(24)20(25)12-17)21(30)13-31-23-27-26-22(28(23)3)16-7-5-4-6-8-16/h4-12H,13H2,1-3H3. The first kappa shape index (κ1) is 21.7. The number of rotatable bonds is 6. The first-order chi connectivity index (χ1) is 14.9. The van der Waals surface area contributed by atoms with Gasteiger partial charge in [0.1, 0.15) is 0 Å². The van der Waals surface area contributed by atoms with E-state index < -0.39 is 0 Å². The monoisotopic (exact) mass is 470 g/mol. The lowest BCUT2D eigenvalue weighted by Gasteiger charge is -2.11. The van der Waals surface area contributed by atoms with Crippen molar-refractivity contribution in [3.8, 4) is 17.1 Å². The Morgan fingerprint density at radius 2 is 1.74 bits per heavy atom. The molecule has 0 atom stereocenters. The molecule has 158 valence electrons. The minimum Gasteiger partial charge on any atom is -0.318 e. The number of aromatic nitrogens is 4. The minimum absolute atomic E-state index is 0.0358. The third kappa shape index (κ3) is 4.28. The van der Waals surface area contributed by atoms with Gasteiger partial charge in [0.2, 0.25) is 0 Å². The zero-order chi connectivity index (χ0) is 22.1. The molecule has 0 aliphatic carbocycles. The predicted molar refractivity (Wildman–Crippen MR) is 127 cm³/mol. The first-order valence-electron chi connectivity index (χ1n) is 9.62. The number of carbonyl (C=O) groups is 1. The van der Waals surface area contributed by atoms with Crippen molar-refractivity contribution < 1.29 is 4.79 Å². The molecule has 5 nitrogen and oxygen atoms in total. The summed E-state index contributed by atoms with van der Waals surface area (Å²) in [5.74, 6) is 1.08. The van der Waals surface area contributed by atoms with Gasteiger partial charge in [-0.1, -0.05) is 65.3 Å². The highest BCUT2D eigenvalue weighted by molar-refractivity contribution is 7.99. The van der Waals surface area contributed by atoms with Crippen molar-refractivity contribution in [2.75, 3.05) is 5.75 Å². The largest absolute Gasteiger partial charge is 0.318 e. The van der Waals surface area contributed by atoms with E-state index in [9.17, 15) is 4.79 Å². The second-order valence-corrected chi connectivity index (χ2v) is 8.92. The van der Waals surface area contributed by atoms with E-state index in [0.29, 0.717) is 20.8 Å². The van der Waals surface area contributed by atoms with Crippen LogP contribution in [0.2, 0.25) is 10.0 Å². The molecule has 4 aromatic rings. The van der Waals surface area contributed by atoms with Crippen molar-refractivity contribution >= 4 is 40.7 Å². The molecular weight excluding hydrogens is 451 g/mol. The average Bonchev–Trinajstić information content (AvgIpc) is 3.28. The van der Waals surface area contributed by atoms with Gasteiger partial charge in [0, 0.05) is 35.2 Å². The summed E-state index contributed by atoms with van der Waals surface area (Å²) in [6, 6.07) is 17.2. The quantitative estimate of drug-likeness (QED) is 0.249. The summed E-state index contributed by atoms with van der Waals surface area (Å²) >= 11 is 13.6. The maximum Gasteiger partial charge on any atom is 0.191 e. The van der Waals surface area contributed by atoms with E-state index in [2.05, 4.69) is 10.2 Å². The van der Waals surface area contributed by atoms with Crippen LogP contribution in [0.3, 0.4) is 0 Å². The van der Waals surface area contributed by atoms with E-state index in [-0.39, 0.29) is 11.5 Å². The van der Waals surface area contributed by atoms with Crippen LogP contribution in [0.25, 0.3) is 17.1 Å². The highest BCUT2D eigenvalue weighted by Crippen LogP contribution is 2.29. The lowest BCUT2D eigenvalue weighted by Crippen LogP contribution is -2.06. The van der Waals surface area contributed by atoms with Crippen LogP contribution in [-0.2, 0) is 7.05 Å². The summed E-state index contributed by atoms with van der Waals surface area (Å²) in [5.41, 5.74) is 4.36. The van der Waals surface area contributed by atoms with Gasteiger partial charge in [-0.25, -0.2) is 0 Å². The van der Waals surface area contributed by atoms with Crippen LogP contribution in [0.4, 0.5) is 0 Å². The van der Waals surface area contributed by atoms with Crippen LogP contribution in [-0.4, -0.2) is 30.9 Å². The van der Waals surface area contributed by atoms with E-state index in [4.69, 9.17) is 23.2 Å². The SMILES string of the molecule is Cc1cc(C(=O)CSc2nnc(-c3ccccc3)n2C)c(C)n1-c1ccc(Cl)c(Cl)c1. The van der Waals surface area contributed by atoms with Crippen molar-refractivity contribution in [3.63, 3.8) is 0 Å². The van der Waals surface area contributed by atoms with Gasteiger partial charge in [-0.2, -0.15) is 0 Å². The normalized spacial score (nSPS) is 11.1. The molecule has 0 amide bonds. The Morgan fingerprint density at radius 3 is 2.45 bits per heavy atom. The van der Waals surface area contributed by atoms with Crippen LogP contribution in [0.5, 0.6) is 0 Å². The van der Waals surface area contributed by atoms with Gasteiger partial charge in [-0.15, -0.1) is 10.2 Å². The molecule has 0 N–H and O–H groups in total. The summed E-state index contributed by atoms with van der Waals surface area (Å²) in [4.78, 5) is 13.0. The fourth-order valence-corrected chi connectivity index (χ4v) is 4.64. The van der Waals surface area contributed by atoms with Crippen molar-refractivity contribution in [1.29, 1.82) is 0 Å². The number of carbonyl (C=O) groups excluding carboxylic acids is 1. The summed E-state index contributed by atoms with van der Waals surface area (Å²) in [5, 5.41) is 10.2. The maximum absolute atomic E-state index is 13.0. The Balaban J connectivity index is 1.54. The second kappa shape index (κ2) is 8.91. The molecule has 0 fully saturated rings. The Labute approximate surface area is 195 Å². The molecule has 0 aliphatic rings. The van der Waals surface area contributed by atoms with Crippen LogP contribution in [0.1, 0.15) is 21.7 Å². The molecule has 0 aliphatic heterocycles. The minimum atomic E-state index is 0.0358. The van der Waals surface area contributed by atoms with Crippen LogP contribution < -0.4 is 0 Å². The van der Waals surface area contributed by atoms with Gasteiger partial charge in [-0.05, 0) is 38.1 Å². The van der Waals surface area contributed by atoms with E-state index in [1.165, 1.54) is 11.8 Å². The highest BCUT2D eigenvalue weighted by atomic mass is 35.5. The Morgan fingerprint density at radius 1 is 1.00 bits per heavy atom. The summed E-state index contributed by atoms with van der Waals surface area (Å²) in [7, 11) is 1.91. The van der Waals surface area contributed by atoms with Crippen molar-refractivity contribution in [2.45, 2.75) is 19.0 Å². The summed E-state index contributed by atoms with van der Waals surface area (Å²) in [6.45, 7) is 3.90. The first-order valence-corrected chi connectivity index (χ1v) is 11.4. The van der Waals surface area contributed by atoms with Crippen molar-refractivity contribution in [1.82, 2.24) is 19.3 Å². The van der Waals surface area contributed by atoms with Gasteiger partial charge >= 0.3 is 0 Å². The smallest absolute Gasteiger partial charge is 0.191 e. The molecule has 31 heavy (non-hydrogen) atoms. The molecule has 2 heterocycles. The molecule has 2 aromatic carbocycles. The molecule has 2 aromatic heterocycles. The Kier molecular flexibility index (Phi) is 6.23. The average molecular weight is 471 g/mol.